The van der Waals surface area contributed by atoms with E-state index in [4.69, 9.17) is 5.26 Å². The van der Waals surface area contributed by atoms with Crippen LogP contribution in [0.1, 0.15) is 24.4 Å². The Morgan fingerprint density at radius 3 is 2.46 bits per heavy atom. The van der Waals surface area contributed by atoms with E-state index in [1.807, 2.05) is 18.3 Å². The lowest BCUT2D eigenvalue weighted by Gasteiger charge is -2.22. The van der Waals surface area contributed by atoms with E-state index in [0.29, 0.717) is 17.6 Å². The van der Waals surface area contributed by atoms with Crippen molar-refractivity contribution in [3.63, 3.8) is 0 Å². The molecule has 7 nitrogen and oxygen atoms in total. The van der Waals surface area contributed by atoms with Crippen molar-refractivity contribution < 1.29 is 0 Å². The highest BCUT2D eigenvalue weighted by Crippen LogP contribution is 2.23. The van der Waals surface area contributed by atoms with Crippen molar-refractivity contribution >= 4 is 11.6 Å². The van der Waals surface area contributed by atoms with Crippen LogP contribution in [0.15, 0.2) is 49.1 Å². The Hall–Kier alpha value is -3.24. The fourth-order valence-electron chi connectivity index (χ4n) is 3.06. The minimum absolute atomic E-state index is 0.461. The molecule has 0 aliphatic carbocycles. The molecule has 1 aliphatic rings. The highest BCUT2D eigenvalue weighted by molar-refractivity contribution is 5.61. The average Bonchev–Trinajstić information content (AvgIpc) is 3.20. The highest BCUT2D eigenvalue weighted by Gasteiger charge is 2.16. The lowest BCUT2D eigenvalue weighted by atomic mass is 10.1. The van der Waals surface area contributed by atoms with Crippen LogP contribution in [0.5, 0.6) is 0 Å². The van der Waals surface area contributed by atoms with Gasteiger partial charge in [0.2, 0.25) is 5.95 Å². The molecular weight excluding hydrogens is 326 g/mol. The number of anilines is 2. The number of hydrogen-bond acceptors (Lipinski definition) is 6. The number of nitrogens with zero attached hydrogens (tertiary/aromatic N) is 5. The Balaban J connectivity index is 1.45. The molecule has 0 spiro atoms. The van der Waals surface area contributed by atoms with Gasteiger partial charge >= 0.3 is 0 Å². The van der Waals surface area contributed by atoms with Gasteiger partial charge in [0.25, 0.3) is 0 Å². The normalized spacial score (nSPS) is 14.7. The molecule has 0 bridgehead atoms. The van der Waals surface area contributed by atoms with Gasteiger partial charge in [0.1, 0.15) is 0 Å². The smallest absolute Gasteiger partial charge is 0.227 e. The van der Waals surface area contributed by atoms with Crippen LogP contribution in [-0.4, -0.2) is 32.8 Å². The number of piperidine rings is 1. The van der Waals surface area contributed by atoms with Crippen LogP contribution in [0.4, 0.5) is 11.6 Å². The summed E-state index contributed by atoms with van der Waals surface area (Å²) in [6, 6.07) is 9.74. The number of nitrogens with one attached hydrogen (secondary N) is 2. The summed E-state index contributed by atoms with van der Waals surface area (Å²) in [6.07, 6.45) is 9.73. The molecule has 2 aromatic heterocycles. The summed E-state index contributed by atoms with van der Waals surface area (Å²) < 4.78 is 2.05. The number of benzene rings is 1. The summed E-state index contributed by atoms with van der Waals surface area (Å²) in [5, 5.41) is 19.9. The van der Waals surface area contributed by atoms with Crippen LogP contribution < -0.4 is 10.6 Å². The molecule has 4 rings (SSSR count). The first-order valence-corrected chi connectivity index (χ1v) is 8.66. The van der Waals surface area contributed by atoms with Crippen molar-refractivity contribution in [1.82, 2.24) is 25.1 Å². The van der Waals surface area contributed by atoms with Crippen molar-refractivity contribution in [2.24, 2.45) is 0 Å². The first-order chi connectivity index (χ1) is 12.8. The van der Waals surface area contributed by atoms with Crippen molar-refractivity contribution in [3.8, 4) is 17.2 Å². The fraction of sp³-hybridized carbons (Fsp3) is 0.263. The Morgan fingerprint density at radius 2 is 1.77 bits per heavy atom. The van der Waals surface area contributed by atoms with Crippen LogP contribution in [-0.2, 0) is 0 Å². The van der Waals surface area contributed by atoms with Gasteiger partial charge in [0.15, 0.2) is 0 Å². The monoisotopic (exact) mass is 345 g/mol. The SMILES string of the molecule is N#Cc1ccc(Nc2ncc(-c3cnn(C4CCNCC4)c3)cn2)cc1. The molecule has 130 valence electrons. The van der Waals surface area contributed by atoms with E-state index in [9.17, 15) is 0 Å². The van der Waals surface area contributed by atoms with E-state index >= 15 is 0 Å². The minimum atomic E-state index is 0.461. The fourth-order valence-corrected chi connectivity index (χ4v) is 3.06. The minimum Gasteiger partial charge on any atom is -0.324 e. The summed E-state index contributed by atoms with van der Waals surface area (Å²) in [6.45, 7) is 2.08. The predicted molar refractivity (Wildman–Crippen MR) is 98.8 cm³/mol. The second-order valence-corrected chi connectivity index (χ2v) is 6.30. The number of rotatable bonds is 4. The third-order valence-corrected chi connectivity index (χ3v) is 4.54. The van der Waals surface area contributed by atoms with Crippen molar-refractivity contribution in [2.45, 2.75) is 18.9 Å². The molecule has 0 saturated carbocycles. The molecule has 1 aromatic carbocycles. The van der Waals surface area contributed by atoms with Gasteiger partial charge in [0, 0.05) is 35.4 Å². The molecule has 1 aliphatic heterocycles. The lowest BCUT2D eigenvalue weighted by Crippen LogP contribution is -2.29. The summed E-state index contributed by atoms with van der Waals surface area (Å²) in [7, 11) is 0. The zero-order valence-corrected chi connectivity index (χ0v) is 14.3. The molecule has 1 saturated heterocycles. The Kier molecular flexibility index (Phi) is 4.58. The van der Waals surface area contributed by atoms with Crippen molar-refractivity contribution in [1.29, 1.82) is 5.26 Å². The van der Waals surface area contributed by atoms with Gasteiger partial charge in [-0.1, -0.05) is 0 Å². The van der Waals surface area contributed by atoms with Crippen LogP contribution in [0.3, 0.4) is 0 Å². The van der Waals surface area contributed by atoms with Gasteiger partial charge in [0.05, 0.1) is 23.9 Å². The first-order valence-electron chi connectivity index (χ1n) is 8.66. The molecule has 0 unspecified atom stereocenters. The number of hydrogen-bond donors (Lipinski definition) is 2. The molecular formula is C19H19N7. The summed E-state index contributed by atoms with van der Waals surface area (Å²) in [4.78, 5) is 8.76. The molecule has 3 aromatic rings. The molecule has 0 atom stereocenters. The second kappa shape index (κ2) is 7.33. The van der Waals surface area contributed by atoms with E-state index < -0.39 is 0 Å². The lowest BCUT2D eigenvalue weighted by molar-refractivity contribution is 0.343. The molecule has 0 radical (unpaired) electrons. The topological polar surface area (TPSA) is 91.5 Å². The summed E-state index contributed by atoms with van der Waals surface area (Å²) in [5.41, 5.74) is 3.43. The molecule has 3 heterocycles. The Labute approximate surface area is 151 Å². The number of aromatic nitrogens is 4. The van der Waals surface area contributed by atoms with E-state index in [0.717, 1.165) is 42.7 Å². The third-order valence-electron chi connectivity index (χ3n) is 4.54. The van der Waals surface area contributed by atoms with Gasteiger partial charge in [-0.15, -0.1) is 0 Å². The molecule has 1 fully saturated rings. The van der Waals surface area contributed by atoms with Crippen molar-refractivity contribution in [3.05, 3.63) is 54.6 Å². The number of nitriles is 1. The Bertz CT molecular complexity index is 900. The van der Waals surface area contributed by atoms with E-state index in [1.165, 1.54) is 0 Å². The maximum absolute atomic E-state index is 8.84. The third kappa shape index (κ3) is 3.55. The summed E-state index contributed by atoms with van der Waals surface area (Å²) in [5.74, 6) is 0.518. The standard InChI is InChI=1S/C19H19N7/c20-9-14-1-3-17(4-2-14)25-19-22-10-15(11-23-19)16-12-24-26(13-16)18-5-7-21-8-6-18/h1-4,10-13,18,21H,5-8H2,(H,22,23,25). The molecule has 26 heavy (non-hydrogen) atoms. The first kappa shape index (κ1) is 16.2. The van der Waals surface area contributed by atoms with Gasteiger partial charge in [-0.3, -0.25) is 4.68 Å². The maximum atomic E-state index is 8.84. The van der Waals surface area contributed by atoms with E-state index in [-0.39, 0.29) is 0 Å². The van der Waals surface area contributed by atoms with Gasteiger partial charge < -0.3 is 10.6 Å². The zero-order chi connectivity index (χ0) is 17.8. The zero-order valence-electron chi connectivity index (χ0n) is 14.3. The van der Waals surface area contributed by atoms with E-state index in [1.54, 1.807) is 24.5 Å². The average molecular weight is 345 g/mol. The van der Waals surface area contributed by atoms with Crippen LogP contribution >= 0.6 is 0 Å². The molecule has 0 amide bonds. The predicted octanol–water partition coefficient (Wildman–Crippen LogP) is 2.88. The highest BCUT2D eigenvalue weighted by atomic mass is 15.3. The van der Waals surface area contributed by atoms with E-state index in [2.05, 4.69) is 42.6 Å². The molecule has 2 N–H and O–H groups in total. The Morgan fingerprint density at radius 1 is 1.04 bits per heavy atom. The quantitative estimate of drug-likeness (QED) is 0.755. The maximum Gasteiger partial charge on any atom is 0.227 e. The largest absolute Gasteiger partial charge is 0.324 e. The van der Waals surface area contributed by atoms with Crippen LogP contribution in [0, 0.1) is 11.3 Å². The van der Waals surface area contributed by atoms with Gasteiger partial charge in [-0.05, 0) is 50.2 Å². The second-order valence-electron chi connectivity index (χ2n) is 6.30. The van der Waals surface area contributed by atoms with Gasteiger partial charge in [-0.2, -0.15) is 10.4 Å². The summed E-state index contributed by atoms with van der Waals surface area (Å²) >= 11 is 0. The van der Waals surface area contributed by atoms with Crippen LogP contribution in [0.25, 0.3) is 11.1 Å². The van der Waals surface area contributed by atoms with Crippen LogP contribution in [0.2, 0.25) is 0 Å². The molecule has 7 heteroatoms. The van der Waals surface area contributed by atoms with Crippen molar-refractivity contribution in [2.75, 3.05) is 18.4 Å². The van der Waals surface area contributed by atoms with Gasteiger partial charge in [-0.25, -0.2) is 9.97 Å².